The van der Waals surface area contributed by atoms with E-state index in [0.29, 0.717) is 34.6 Å². The molecule has 0 saturated carbocycles. The molecule has 0 bridgehead atoms. The lowest BCUT2D eigenvalue weighted by atomic mass is 10.1. The van der Waals surface area contributed by atoms with Gasteiger partial charge in [0.1, 0.15) is 5.82 Å². The number of ether oxygens (including phenoxy) is 4. The standard InChI is InChI=1S/C21H29N3O5/c1-12(2)15-10-19(24-21(23-15)13(3)4)29-11-18(25)22-14-8-16(26-5)20(28-7)17(9-14)27-6/h8-10,12-13H,11H2,1-7H3,(H,22,25). The summed E-state index contributed by atoms with van der Waals surface area (Å²) >= 11 is 0. The molecule has 158 valence electrons. The van der Waals surface area contributed by atoms with Crippen LogP contribution >= 0.6 is 0 Å². The SMILES string of the molecule is COc1cc(NC(=O)COc2cc(C(C)C)nc(C(C)C)n2)cc(OC)c1OC. The van der Waals surface area contributed by atoms with Crippen LogP contribution in [0.2, 0.25) is 0 Å². The maximum Gasteiger partial charge on any atom is 0.262 e. The van der Waals surface area contributed by atoms with Gasteiger partial charge >= 0.3 is 0 Å². The van der Waals surface area contributed by atoms with Crippen LogP contribution < -0.4 is 24.3 Å². The third-order valence-electron chi connectivity index (χ3n) is 4.15. The minimum atomic E-state index is -0.338. The van der Waals surface area contributed by atoms with Gasteiger partial charge in [0, 0.05) is 29.8 Å². The van der Waals surface area contributed by atoms with Gasteiger partial charge in [0.05, 0.1) is 27.0 Å². The van der Waals surface area contributed by atoms with Crippen LogP contribution in [0.3, 0.4) is 0 Å². The number of nitrogens with zero attached hydrogens (tertiary/aromatic N) is 2. The molecule has 29 heavy (non-hydrogen) atoms. The predicted molar refractivity (Wildman–Crippen MR) is 110 cm³/mol. The molecule has 0 aliphatic heterocycles. The Labute approximate surface area is 171 Å². The van der Waals surface area contributed by atoms with Gasteiger partial charge in [-0.05, 0) is 5.92 Å². The molecule has 0 atom stereocenters. The molecule has 0 unspecified atom stereocenters. The highest BCUT2D eigenvalue weighted by Crippen LogP contribution is 2.39. The highest BCUT2D eigenvalue weighted by atomic mass is 16.5. The van der Waals surface area contributed by atoms with E-state index >= 15 is 0 Å². The van der Waals surface area contributed by atoms with Gasteiger partial charge in [0.25, 0.3) is 5.91 Å². The summed E-state index contributed by atoms with van der Waals surface area (Å²) < 4.78 is 21.5. The second-order valence-electron chi connectivity index (χ2n) is 7.05. The van der Waals surface area contributed by atoms with E-state index in [9.17, 15) is 4.79 Å². The third kappa shape index (κ3) is 5.73. The summed E-state index contributed by atoms with van der Waals surface area (Å²) in [5.74, 6) is 2.46. The van der Waals surface area contributed by atoms with Crippen LogP contribution in [0.4, 0.5) is 5.69 Å². The second kappa shape index (κ2) is 9.95. The van der Waals surface area contributed by atoms with Gasteiger partial charge in [-0.3, -0.25) is 4.79 Å². The smallest absolute Gasteiger partial charge is 0.262 e. The maximum atomic E-state index is 12.4. The Kier molecular flexibility index (Phi) is 7.64. The van der Waals surface area contributed by atoms with Crippen molar-refractivity contribution in [1.82, 2.24) is 9.97 Å². The van der Waals surface area contributed by atoms with Gasteiger partial charge in [-0.15, -0.1) is 0 Å². The van der Waals surface area contributed by atoms with Crippen molar-refractivity contribution >= 4 is 11.6 Å². The highest BCUT2D eigenvalue weighted by Gasteiger charge is 2.16. The fourth-order valence-corrected chi connectivity index (χ4v) is 2.58. The molecule has 1 aromatic heterocycles. The molecule has 2 rings (SSSR count). The minimum absolute atomic E-state index is 0.157. The quantitative estimate of drug-likeness (QED) is 0.681. The summed E-state index contributed by atoms with van der Waals surface area (Å²) in [4.78, 5) is 21.3. The molecule has 0 fully saturated rings. The van der Waals surface area contributed by atoms with Gasteiger partial charge in [0.2, 0.25) is 11.6 Å². The molecule has 1 amide bonds. The Balaban J connectivity index is 2.12. The van der Waals surface area contributed by atoms with E-state index in [1.165, 1.54) is 21.3 Å². The molecular formula is C21H29N3O5. The van der Waals surface area contributed by atoms with Crippen molar-refractivity contribution in [3.8, 4) is 23.1 Å². The summed E-state index contributed by atoms with van der Waals surface area (Å²) in [6.07, 6.45) is 0. The maximum absolute atomic E-state index is 12.4. The van der Waals surface area contributed by atoms with E-state index in [1.54, 1.807) is 18.2 Å². The molecule has 8 nitrogen and oxygen atoms in total. The van der Waals surface area contributed by atoms with Crippen molar-refractivity contribution < 1.29 is 23.7 Å². The van der Waals surface area contributed by atoms with Gasteiger partial charge < -0.3 is 24.3 Å². The first kappa shape index (κ1) is 22.3. The van der Waals surface area contributed by atoms with Gasteiger partial charge in [0.15, 0.2) is 18.1 Å². The number of hydrogen-bond donors (Lipinski definition) is 1. The van der Waals surface area contributed by atoms with Gasteiger partial charge in [-0.2, -0.15) is 4.98 Å². The van der Waals surface area contributed by atoms with Crippen molar-refractivity contribution in [2.24, 2.45) is 0 Å². The Morgan fingerprint density at radius 2 is 1.55 bits per heavy atom. The zero-order valence-corrected chi connectivity index (χ0v) is 18.0. The van der Waals surface area contributed by atoms with E-state index in [0.717, 1.165) is 5.69 Å². The molecule has 0 aliphatic rings. The average Bonchev–Trinajstić information content (AvgIpc) is 2.71. The molecule has 2 aromatic rings. The van der Waals surface area contributed by atoms with Crippen molar-refractivity contribution in [3.05, 3.63) is 29.7 Å². The van der Waals surface area contributed by atoms with E-state index in [2.05, 4.69) is 15.3 Å². The van der Waals surface area contributed by atoms with Crippen LogP contribution in [0.1, 0.15) is 51.0 Å². The minimum Gasteiger partial charge on any atom is -0.493 e. The Morgan fingerprint density at radius 3 is 2.03 bits per heavy atom. The molecule has 0 radical (unpaired) electrons. The Bertz CT molecular complexity index is 801. The summed E-state index contributed by atoms with van der Waals surface area (Å²) in [7, 11) is 4.55. The van der Waals surface area contributed by atoms with Crippen LogP contribution in [0.25, 0.3) is 0 Å². The molecule has 0 saturated heterocycles. The zero-order valence-electron chi connectivity index (χ0n) is 18.0. The summed E-state index contributed by atoms with van der Waals surface area (Å²) in [6, 6.07) is 5.07. The number of hydrogen-bond acceptors (Lipinski definition) is 7. The van der Waals surface area contributed by atoms with Crippen molar-refractivity contribution in [2.45, 2.75) is 39.5 Å². The number of benzene rings is 1. The Morgan fingerprint density at radius 1 is 0.931 bits per heavy atom. The first-order valence-corrected chi connectivity index (χ1v) is 9.40. The first-order chi connectivity index (χ1) is 13.8. The number of rotatable bonds is 9. The van der Waals surface area contributed by atoms with E-state index < -0.39 is 0 Å². The summed E-state index contributed by atoms with van der Waals surface area (Å²) in [6.45, 7) is 7.93. The van der Waals surface area contributed by atoms with Crippen LogP contribution in [0.15, 0.2) is 18.2 Å². The monoisotopic (exact) mass is 403 g/mol. The fraction of sp³-hybridized carbons (Fsp3) is 0.476. The number of carbonyl (C=O) groups is 1. The van der Waals surface area contributed by atoms with Gasteiger partial charge in [-0.1, -0.05) is 27.7 Å². The van der Waals surface area contributed by atoms with E-state index in [4.69, 9.17) is 18.9 Å². The molecule has 0 spiro atoms. The predicted octanol–water partition coefficient (Wildman–Crippen LogP) is 3.77. The lowest BCUT2D eigenvalue weighted by Crippen LogP contribution is -2.21. The average molecular weight is 403 g/mol. The fourth-order valence-electron chi connectivity index (χ4n) is 2.58. The number of carbonyl (C=O) groups excluding carboxylic acids is 1. The lowest BCUT2D eigenvalue weighted by Gasteiger charge is -2.15. The number of aromatic nitrogens is 2. The van der Waals surface area contributed by atoms with Crippen LogP contribution in [0, 0.1) is 0 Å². The molecule has 0 aliphatic carbocycles. The lowest BCUT2D eigenvalue weighted by molar-refractivity contribution is -0.118. The van der Waals surface area contributed by atoms with Crippen LogP contribution in [0.5, 0.6) is 23.1 Å². The number of anilines is 1. The summed E-state index contributed by atoms with van der Waals surface area (Å²) in [5, 5.41) is 2.76. The number of methoxy groups -OCH3 is 3. The van der Waals surface area contributed by atoms with E-state index in [-0.39, 0.29) is 24.3 Å². The molecule has 1 aromatic carbocycles. The van der Waals surface area contributed by atoms with Crippen molar-refractivity contribution in [2.75, 3.05) is 33.3 Å². The third-order valence-corrected chi connectivity index (χ3v) is 4.15. The zero-order chi connectivity index (χ0) is 21.6. The van der Waals surface area contributed by atoms with Crippen LogP contribution in [-0.4, -0.2) is 43.8 Å². The molecule has 8 heteroatoms. The van der Waals surface area contributed by atoms with Crippen molar-refractivity contribution in [3.63, 3.8) is 0 Å². The normalized spacial score (nSPS) is 10.8. The molecule has 1 heterocycles. The topological polar surface area (TPSA) is 91.8 Å². The van der Waals surface area contributed by atoms with Gasteiger partial charge in [-0.25, -0.2) is 4.98 Å². The van der Waals surface area contributed by atoms with Crippen LogP contribution in [-0.2, 0) is 4.79 Å². The largest absolute Gasteiger partial charge is 0.493 e. The molecule has 1 N–H and O–H groups in total. The highest BCUT2D eigenvalue weighted by molar-refractivity contribution is 5.92. The Hall–Kier alpha value is -3.03. The summed E-state index contributed by atoms with van der Waals surface area (Å²) in [5.41, 5.74) is 1.38. The van der Waals surface area contributed by atoms with Crippen molar-refractivity contribution in [1.29, 1.82) is 0 Å². The number of amides is 1. The number of nitrogens with one attached hydrogen (secondary N) is 1. The molecular weight excluding hydrogens is 374 g/mol. The van der Waals surface area contributed by atoms with E-state index in [1.807, 2.05) is 27.7 Å². The second-order valence-corrected chi connectivity index (χ2v) is 7.05. The first-order valence-electron chi connectivity index (χ1n) is 9.40.